The maximum atomic E-state index is 11.7. The van der Waals surface area contributed by atoms with Crippen LogP contribution in [0.4, 0.5) is 0 Å². The summed E-state index contributed by atoms with van der Waals surface area (Å²) in [6, 6.07) is 0. The van der Waals surface area contributed by atoms with Gasteiger partial charge in [-0.15, -0.1) is 0 Å². The van der Waals surface area contributed by atoms with E-state index in [9.17, 15) is 14.4 Å². The monoisotopic (exact) mass is 432 g/mol. The molecule has 0 aromatic rings. The second-order valence-electron chi connectivity index (χ2n) is 9.51. The lowest BCUT2D eigenvalue weighted by Crippen LogP contribution is -2.36. The van der Waals surface area contributed by atoms with Gasteiger partial charge in [-0.2, -0.15) is 0 Å². The van der Waals surface area contributed by atoms with Crippen LogP contribution in [0.1, 0.15) is 142 Å². The summed E-state index contributed by atoms with van der Waals surface area (Å²) in [5.74, 6) is 0.539. The molecular formula is C24H49O4P. The predicted molar refractivity (Wildman–Crippen MR) is 123 cm³/mol. The van der Waals surface area contributed by atoms with E-state index in [-0.39, 0.29) is 0 Å². The summed E-state index contributed by atoms with van der Waals surface area (Å²) in [6.45, 7) is 4.50. The molecule has 2 N–H and O–H groups in total. The van der Waals surface area contributed by atoms with E-state index >= 15 is 0 Å². The second-order valence-corrected chi connectivity index (χ2v) is 10.7. The lowest BCUT2D eigenvalue weighted by molar-refractivity contribution is -0.0185. The fourth-order valence-corrected chi connectivity index (χ4v) is 5.84. The van der Waals surface area contributed by atoms with Gasteiger partial charge in [-0.3, -0.25) is 4.52 Å². The second kappa shape index (κ2) is 15.8. The molecule has 0 aromatic heterocycles. The maximum absolute atomic E-state index is 11.7. The Kier molecular flexibility index (Phi) is 14.8. The summed E-state index contributed by atoms with van der Waals surface area (Å²) in [7, 11) is -4.44. The Morgan fingerprint density at radius 3 is 1.66 bits per heavy atom. The highest BCUT2D eigenvalue weighted by Crippen LogP contribution is 2.50. The predicted octanol–water partition coefficient (Wildman–Crippen LogP) is 8.31. The van der Waals surface area contributed by atoms with Crippen molar-refractivity contribution >= 4 is 7.82 Å². The van der Waals surface area contributed by atoms with Crippen LogP contribution in [0.5, 0.6) is 0 Å². The first kappa shape index (κ1) is 27.1. The third-order valence-corrected chi connectivity index (χ3v) is 7.30. The third-order valence-electron chi connectivity index (χ3n) is 6.67. The summed E-state index contributed by atoms with van der Waals surface area (Å²) < 4.78 is 17.2. The van der Waals surface area contributed by atoms with Crippen LogP contribution in [-0.2, 0) is 9.09 Å². The Morgan fingerprint density at radius 1 is 0.759 bits per heavy atom. The average Bonchev–Trinajstić information content (AvgIpc) is 2.66. The summed E-state index contributed by atoms with van der Waals surface area (Å²) in [6.07, 6.45) is 23.7. The van der Waals surface area contributed by atoms with Gasteiger partial charge < -0.3 is 9.79 Å². The minimum absolute atomic E-state index is 0.539. The molecule has 0 bridgehead atoms. The molecular weight excluding hydrogens is 383 g/mol. The molecule has 1 aliphatic rings. The van der Waals surface area contributed by atoms with Gasteiger partial charge in [-0.1, -0.05) is 123 Å². The molecule has 0 heterocycles. The summed E-state index contributed by atoms with van der Waals surface area (Å²) >= 11 is 0. The molecule has 0 aliphatic heterocycles. The first-order chi connectivity index (χ1) is 13.9. The van der Waals surface area contributed by atoms with E-state index in [0.29, 0.717) is 5.92 Å². The zero-order valence-electron chi connectivity index (χ0n) is 19.4. The van der Waals surface area contributed by atoms with E-state index < -0.39 is 13.4 Å². The Hall–Kier alpha value is 0.110. The zero-order valence-corrected chi connectivity index (χ0v) is 20.3. The molecule has 1 unspecified atom stereocenters. The van der Waals surface area contributed by atoms with Crippen LogP contribution < -0.4 is 0 Å². The van der Waals surface area contributed by atoms with Gasteiger partial charge in [0.1, 0.15) is 0 Å². The van der Waals surface area contributed by atoms with E-state index in [0.717, 1.165) is 38.5 Å². The summed E-state index contributed by atoms with van der Waals surface area (Å²) in [5, 5.41) is 0. The van der Waals surface area contributed by atoms with E-state index in [1.807, 2.05) is 0 Å². The molecule has 0 aromatic carbocycles. The lowest BCUT2D eigenvalue weighted by atomic mass is 9.76. The van der Waals surface area contributed by atoms with Crippen LogP contribution >= 0.6 is 7.82 Å². The standard InChI is InChI=1S/C24H49O4P/c1-3-5-7-9-10-12-15-19-23(18-14-11-8-6-4-2)22-24(28-29(25,26)27)20-16-13-17-21-24/h23H,3-22H2,1-2H3,(H2,25,26,27). The fraction of sp³-hybridized carbons (Fsp3) is 1.00. The van der Waals surface area contributed by atoms with Crippen molar-refractivity contribution in [3.05, 3.63) is 0 Å². The number of hydrogen-bond acceptors (Lipinski definition) is 2. The van der Waals surface area contributed by atoms with Crippen molar-refractivity contribution in [1.29, 1.82) is 0 Å². The van der Waals surface area contributed by atoms with Crippen LogP contribution in [0, 0.1) is 5.92 Å². The Morgan fingerprint density at radius 2 is 1.21 bits per heavy atom. The molecule has 0 radical (unpaired) electrons. The van der Waals surface area contributed by atoms with Gasteiger partial charge in [0, 0.05) is 0 Å². The Labute approximate surface area is 180 Å². The topological polar surface area (TPSA) is 66.8 Å². The van der Waals surface area contributed by atoms with Crippen molar-refractivity contribution in [3.8, 4) is 0 Å². The van der Waals surface area contributed by atoms with Gasteiger partial charge in [0.15, 0.2) is 0 Å². The van der Waals surface area contributed by atoms with E-state index in [2.05, 4.69) is 13.8 Å². The third kappa shape index (κ3) is 13.9. The van der Waals surface area contributed by atoms with Crippen LogP contribution in [0.3, 0.4) is 0 Å². The molecule has 1 atom stereocenters. The minimum Gasteiger partial charge on any atom is -0.303 e. The largest absolute Gasteiger partial charge is 0.470 e. The number of unbranched alkanes of at least 4 members (excludes halogenated alkanes) is 10. The normalized spacial score (nSPS) is 18.1. The first-order valence-electron chi connectivity index (χ1n) is 12.7. The van der Waals surface area contributed by atoms with Crippen molar-refractivity contribution in [2.75, 3.05) is 0 Å². The number of rotatable bonds is 18. The van der Waals surface area contributed by atoms with Crippen molar-refractivity contribution in [2.45, 2.75) is 148 Å². The molecule has 0 amide bonds. The van der Waals surface area contributed by atoms with E-state index in [1.54, 1.807) is 0 Å². The van der Waals surface area contributed by atoms with Gasteiger partial charge in [0.2, 0.25) is 0 Å². The van der Waals surface area contributed by atoms with Gasteiger partial charge in [-0.25, -0.2) is 4.57 Å². The van der Waals surface area contributed by atoms with E-state index in [1.165, 1.54) is 89.9 Å². The molecule has 0 saturated heterocycles. The Balaban J connectivity index is 2.55. The highest BCUT2D eigenvalue weighted by molar-refractivity contribution is 7.46. The number of phosphoric acid groups is 1. The van der Waals surface area contributed by atoms with Crippen LogP contribution in [-0.4, -0.2) is 15.4 Å². The molecule has 1 saturated carbocycles. The van der Waals surface area contributed by atoms with Crippen LogP contribution in [0.25, 0.3) is 0 Å². The summed E-state index contributed by atoms with van der Waals surface area (Å²) in [4.78, 5) is 19.1. The highest BCUT2D eigenvalue weighted by Gasteiger charge is 2.40. The zero-order chi connectivity index (χ0) is 21.4. The molecule has 0 spiro atoms. The van der Waals surface area contributed by atoms with Crippen LogP contribution in [0.2, 0.25) is 0 Å². The molecule has 5 heteroatoms. The van der Waals surface area contributed by atoms with Crippen molar-refractivity contribution in [1.82, 2.24) is 0 Å². The smallest absolute Gasteiger partial charge is 0.303 e. The first-order valence-corrected chi connectivity index (χ1v) is 14.2. The van der Waals surface area contributed by atoms with Gasteiger partial charge >= 0.3 is 7.82 Å². The fourth-order valence-electron chi connectivity index (χ4n) is 5.08. The van der Waals surface area contributed by atoms with Crippen molar-refractivity contribution < 1.29 is 18.9 Å². The van der Waals surface area contributed by atoms with Crippen molar-refractivity contribution in [3.63, 3.8) is 0 Å². The average molecular weight is 433 g/mol. The highest BCUT2D eigenvalue weighted by atomic mass is 31.2. The van der Waals surface area contributed by atoms with Crippen LogP contribution in [0.15, 0.2) is 0 Å². The minimum atomic E-state index is -4.44. The van der Waals surface area contributed by atoms with Gasteiger partial charge in [-0.05, 0) is 25.2 Å². The maximum Gasteiger partial charge on any atom is 0.470 e. The summed E-state index contributed by atoms with van der Waals surface area (Å²) in [5.41, 5.74) is -0.591. The SMILES string of the molecule is CCCCCCCCCC(CCCCCCC)CC1(OP(=O)(O)O)CCCCC1. The molecule has 29 heavy (non-hydrogen) atoms. The lowest BCUT2D eigenvalue weighted by Gasteiger charge is -2.39. The Bertz CT molecular complexity index is 429. The van der Waals surface area contributed by atoms with Crippen molar-refractivity contribution in [2.24, 2.45) is 5.92 Å². The number of phosphoric ester groups is 1. The molecule has 174 valence electrons. The molecule has 4 nitrogen and oxygen atoms in total. The van der Waals surface area contributed by atoms with E-state index in [4.69, 9.17) is 4.52 Å². The molecule has 1 fully saturated rings. The molecule has 1 aliphatic carbocycles. The quantitative estimate of drug-likeness (QED) is 0.169. The molecule has 1 rings (SSSR count). The van der Waals surface area contributed by atoms with Gasteiger partial charge in [0.25, 0.3) is 0 Å². The van der Waals surface area contributed by atoms with Gasteiger partial charge in [0.05, 0.1) is 5.60 Å². The number of hydrogen-bond donors (Lipinski definition) is 2.